The van der Waals surface area contributed by atoms with Crippen LogP contribution in [0.3, 0.4) is 0 Å². The van der Waals surface area contributed by atoms with Crippen LogP contribution in [0.1, 0.15) is 16.1 Å². The van der Waals surface area contributed by atoms with E-state index in [-0.39, 0.29) is 17.0 Å². The number of halogens is 2. The number of nitrogens with zero attached hydrogens (tertiary/aromatic N) is 1. The number of carboxylic acids is 1. The summed E-state index contributed by atoms with van der Waals surface area (Å²) >= 11 is 12.8. The number of carbonyl (C=O) groups excluding carboxylic acids is 1. The highest BCUT2D eigenvalue weighted by atomic mass is 35.5. The minimum atomic E-state index is -0.978. The molecule has 0 bridgehead atoms. The lowest BCUT2D eigenvalue weighted by molar-refractivity contribution is -0.136. The number of rotatable bonds is 4. The minimum Gasteiger partial charge on any atom is -0.481 e. The predicted octanol–water partition coefficient (Wildman–Crippen LogP) is 3.33. The maximum Gasteiger partial charge on any atom is 0.309 e. The second-order valence-corrected chi connectivity index (χ2v) is 5.49. The molecule has 0 atom stereocenters. The smallest absolute Gasteiger partial charge is 0.309 e. The first-order valence-corrected chi connectivity index (χ1v) is 7.02. The van der Waals surface area contributed by atoms with Gasteiger partial charge in [-0.3, -0.25) is 14.9 Å². The van der Waals surface area contributed by atoms with Crippen molar-refractivity contribution in [1.82, 2.24) is 4.98 Å². The van der Waals surface area contributed by atoms with Crippen molar-refractivity contribution in [3.8, 4) is 0 Å². The van der Waals surface area contributed by atoms with Crippen LogP contribution in [-0.2, 0) is 11.2 Å². The van der Waals surface area contributed by atoms with Crippen LogP contribution in [-0.4, -0.2) is 22.0 Å². The van der Waals surface area contributed by atoms with Crippen molar-refractivity contribution in [2.45, 2.75) is 6.42 Å². The van der Waals surface area contributed by atoms with E-state index in [1.165, 1.54) is 12.1 Å². The quantitative estimate of drug-likeness (QED) is 0.901. The van der Waals surface area contributed by atoms with Gasteiger partial charge in [-0.05, 0) is 18.2 Å². The molecule has 20 heavy (non-hydrogen) atoms. The van der Waals surface area contributed by atoms with Crippen molar-refractivity contribution >= 4 is 51.5 Å². The first-order valence-electron chi connectivity index (χ1n) is 5.38. The Morgan fingerprint density at radius 2 is 2.10 bits per heavy atom. The zero-order chi connectivity index (χ0) is 14.7. The number of hydrogen-bond donors (Lipinski definition) is 2. The number of benzene rings is 1. The Balaban J connectivity index is 2.11. The van der Waals surface area contributed by atoms with Gasteiger partial charge >= 0.3 is 5.97 Å². The van der Waals surface area contributed by atoms with Crippen LogP contribution in [0.25, 0.3) is 0 Å². The number of hydrogen-bond acceptors (Lipinski definition) is 4. The maximum absolute atomic E-state index is 12.0. The molecule has 8 heteroatoms. The summed E-state index contributed by atoms with van der Waals surface area (Å²) in [5.74, 6) is -1.41. The molecule has 1 amide bonds. The number of aliphatic carboxylic acids is 1. The topological polar surface area (TPSA) is 79.3 Å². The van der Waals surface area contributed by atoms with E-state index < -0.39 is 11.9 Å². The summed E-state index contributed by atoms with van der Waals surface area (Å²) in [6.45, 7) is 0. The molecule has 2 N–H and O–H groups in total. The van der Waals surface area contributed by atoms with Crippen LogP contribution in [0.15, 0.2) is 23.6 Å². The van der Waals surface area contributed by atoms with E-state index >= 15 is 0 Å². The number of thiazole rings is 1. The van der Waals surface area contributed by atoms with Gasteiger partial charge in [-0.25, -0.2) is 4.98 Å². The maximum atomic E-state index is 12.0. The van der Waals surface area contributed by atoms with Gasteiger partial charge in [0, 0.05) is 10.4 Å². The Labute approximate surface area is 128 Å². The van der Waals surface area contributed by atoms with Crippen molar-refractivity contribution < 1.29 is 14.7 Å². The summed E-state index contributed by atoms with van der Waals surface area (Å²) in [6.07, 6.45) is -0.186. The van der Waals surface area contributed by atoms with Crippen molar-refractivity contribution in [2.24, 2.45) is 0 Å². The summed E-state index contributed by atoms with van der Waals surface area (Å²) in [6, 6.07) is 4.53. The fourth-order valence-corrected chi connectivity index (χ4v) is 2.64. The van der Waals surface area contributed by atoms with Crippen LogP contribution >= 0.6 is 34.5 Å². The monoisotopic (exact) mass is 330 g/mol. The normalized spacial score (nSPS) is 10.3. The summed E-state index contributed by atoms with van der Waals surface area (Å²) in [7, 11) is 0. The molecule has 0 aliphatic heterocycles. The Morgan fingerprint density at radius 3 is 2.75 bits per heavy atom. The number of amides is 1. The highest BCUT2D eigenvalue weighted by molar-refractivity contribution is 7.14. The van der Waals surface area contributed by atoms with Gasteiger partial charge in [0.05, 0.1) is 22.7 Å². The average molecular weight is 331 g/mol. The summed E-state index contributed by atoms with van der Waals surface area (Å²) in [4.78, 5) is 26.5. The molecule has 0 unspecified atom stereocenters. The first-order chi connectivity index (χ1) is 9.45. The summed E-state index contributed by atoms with van der Waals surface area (Å²) in [5, 5.41) is 13.8. The van der Waals surface area contributed by atoms with E-state index in [9.17, 15) is 9.59 Å². The second-order valence-electron chi connectivity index (χ2n) is 3.79. The zero-order valence-corrected chi connectivity index (χ0v) is 12.2. The van der Waals surface area contributed by atoms with Crippen LogP contribution in [0.2, 0.25) is 10.0 Å². The fraction of sp³-hybridized carbons (Fsp3) is 0.0833. The lowest BCUT2D eigenvalue weighted by atomic mass is 10.2. The van der Waals surface area contributed by atoms with Crippen molar-refractivity contribution in [1.29, 1.82) is 0 Å². The molecule has 0 aliphatic carbocycles. The third kappa shape index (κ3) is 3.69. The van der Waals surface area contributed by atoms with E-state index in [0.29, 0.717) is 15.8 Å². The van der Waals surface area contributed by atoms with Gasteiger partial charge in [-0.2, -0.15) is 0 Å². The number of carbonyl (C=O) groups is 2. The zero-order valence-electron chi connectivity index (χ0n) is 9.89. The molecular formula is C12H8Cl2N2O3S. The predicted molar refractivity (Wildman–Crippen MR) is 77.9 cm³/mol. The molecule has 2 rings (SSSR count). The van der Waals surface area contributed by atoms with Crippen molar-refractivity contribution in [3.63, 3.8) is 0 Å². The van der Waals surface area contributed by atoms with Crippen molar-refractivity contribution in [2.75, 3.05) is 5.32 Å². The highest BCUT2D eigenvalue weighted by Gasteiger charge is 2.13. The molecule has 1 aromatic carbocycles. The average Bonchev–Trinajstić information content (AvgIpc) is 2.75. The van der Waals surface area contributed by atoms with Crippen molar-refractivity contribution in [3.05, 3.63) is 44.9 Å². The van der Waals surface area contributed by atoms with Gasteiger partial charge in [0.1, 0.15) is 0 Å². The standard InChI is InChI=1S/C12H8Cl2N2O3S/c13-6-1-2-8(9(14)3-6)11(19)16-12-15-7(5-20-12)4-10(17)18/h1-3,5H,4H2,(H,17,18)(H,15,16,19). The molecule has 5 nitrogen and oxygen atoms in total. The number of aromatic nitrogens is 1. The minimum absolute atomic E-state index is 0.186. The third-order valence-corrected chi connectivity index (χ3v) is 3.63. The van der Waals surface area contributed by atoms with E-state index in [1.54, 1.807) is 11.4 Å². The number of carboxylic acid groups (broad SMARTS) is 1. The second kappa shape index (κ2) is 6.21. The molecule has 1 aromatic heterocycles. The van der Waals surface area contributed by atoms with Gasteiger partial charge in [0.25, 0.3) is 5.91 Å². The molecular weight excluding hydrogens is 323 g/mol. The van der Waals surface area contributed by atoms with Gasteiger partial charge in [-0.1, -0.05) is 23.2 Å². The Hall–Kier alpha value is -1.63. The molecule has 1 heterocycles. The van der Waals surface area contributed by atoms with Crippen LogP contribution in [0, 0.1) is 0 Å². The van der Waals surface area contributed by atoms with Gasteiger partial charge in [-0.15, -0.1) is 11.3 Å². The van der Waals surface area contributed by atoms with E-state index in [1.807, 2.05) is 0 Å². The molecule has 0 saturated carbocycles. The van der Waals surface area contributed by atoms with E-state index in [0.717, 1.165) is 11.3 Å². The van der Waals surface area contributed by atoms with E-state index in [2.05, 4.69) is 10.3 Å². The number of nitrogens with one attached hydrogen (secondary N) is 1. The van der Waals surface area contributed by atoms with Crippen LogP contribution in [0.5, 0.6) is 0 Å². The highest BCUT2D eigenvalue weighted by Crippen LogP contribution is 2.23. The summed E-state index contributed by atoms with van der Waals surface area (Å²) < 4.78 is 0. The van der Waals surface area contributed by atoms with Crippen LogP contribution < -0.4 is 5.32 Å². The Kier molecular flexibility index (Phi) is 4.59. The Morgan fingerprint density at radius 1 is 1.35 bits per heavy atom. The van der Waals surface area contributed by atoms with Gasteiger partial charge in [0.15, 0.2) is 5.13 Å². The third-order valence-electron chi connectivity index (χ3n) is 2.28. The van der Waals surface area contributed by atoms with Gasteiger partial charge < -0.3 is 5.11 Å². The Bertz CT molecular complexity index is 672. The molecule has 0 spiro atoms. The lowest BCUT2D eigenvalue weighted by Gasteiger charge is -2.04. The molecule has 0 fully saturated rings. The first kappa shape index (κ1) is 14.8. The van der Waals surface area contributed by atoms with E-state index in [4.69, 9.17) is 28.3 Å². The molecule has 2 aromatic rings. The molecule has 0 saturated heterocycles. The van der Waals surface area contributed by atoms with Gasteiger partial charge in [0.2, 0.25) is 0 Å². The summed E-state index contributed by atoms with van der Waals surface area (Å²) in [5.41, 5.74) is 0.658. The SMILES string of the molecule is O=C(O)Cc1csc(NC(=O)c2ccc(Cl)cc2Cl)n1. The molecule has 0 aliphatic rings. The molecule has 104 valence electrons. The molecule has 0 radical (unpaired) electrons. The van der Waals surface area contributed by atoms with Crippen LogP contribution in [0.4, 0.5) is 5.13 Å². The largest absolute Gasteiger partial charge is 0.481 e. The fourth-order valence-electron chi connectivity index (χ4n) is 1.44. The lowest BCUT2D eigenvalue weighted by Crippen LogP contribution is -2.12. The number of anilines is 1.